The minimum Gasteiger partial charge on any atom is -0.437 e. The van der Waals surface area contributed by atoms with Crippen LogP contribution in [0.2, 0.25) is 25.7 Å². The molecular formula is C28H36N6O4Si. The molecule has 0 aliphatic heterocycles. The number of aryl methyl sites for hydroxylation is 1. The van der Waals surface area contributed by atoms with Gasteiger partial charge in [0.2, 0.25) is 11.8 Å². The van der Waals surface area contributed by atoms with Crippen LogP contribution in [0.15, 0.2) is 55.5 Å². The van der Waals surface area contributed by atoms with Gasteiger partial charge in [-0.15, -0.1) is 0 Å². The highest BCUT2D eigenvalue weighted by Crippen LogP contribution is 2.33. The first kappa shape index (κ1) is 28.2. The molecule has 0 unspecified atom stereocenters. The Morgan fingerprint density at radius 3 is 2.74 bits per heavy atom. The Balaban J connectivity index is 1.67. The number of fused-ring (bicyclic) bond motifs is 1. The summed E-state index contributed by atoms with van der Waals surface area (Å²) in [7, 11) is 0.473. The van der Waals surface area contributed by atoms with E-state index in [0.717, 1.165) is 22.9 Å². The molecule has 10 nitrogen and oxygen atoms in total. The fourth-order valence-electron chi connectivity index (χ4n) is 3.95. The number of nitrogens with zero attached hydrogens (tertiary/aromatic N) is 5. The van der Waals surface area contributed by atoms with Crippen molar-refractivity contribution in [2.45, 2.75) is 45.9 Å². The van der Waals surface area contributed by atoms with Crippen LogP contribution in [0.5, 0.6) is 11.6 Å². The first-order valence-corrected chi connectivity index (χ1v) is 16.6. The summed E-state index contributed by atoms with van der Waals surface area (Å²) in [5.74, 6) is 0.551. The molecule has 0 saturated carbocycles. The predicted molar refractivity (Wildman–Crippen MR) is 155 cm³/mol. The molecule has 3 heterocycles. The van der Waals surface area contributed by atoms with E-state index in [9.17, 15) is 4.79 Å². The first-order chi connectivity index (χ1) is 18.7. The molecular weight excluding hydrogens is 512 g/mol. The lowest BCUT2D eigenvalue weighted by Crippen LogP contribution is -2.22. The maximum absolute atomic E-state index is 11.7. The Morgan fingerprint density at radius 2 is 2.00 bits per heavy atom. The van der Waals surface area contributed by atoms with Gasteiger partial charge in [0.05, 0.1) is 25.0 Å². The number of nitrogens with one attached hydrogen (secondary N) is 1. The quantitative estimate of drug-likeness (QED) is 0.134. The third-order valence-electron chi connectivity index (χ3n) is 6.04. The van der Waals surface area contributed by atoms with Crippen LogP contribution in [0.4, 0.5) is 5.69 Å². The van der Waals surface area contributed by atoms with E-state index in [2.05, 4.69) is 36.6 Å². The summed E-state index contributed by atoms with van der Waals surface area (Å²) in [6.07, 6.45) is 6.82. The number of carbonyl (C=O) groups is 1. The van der Waals surface area contributed by atoms with Gasteiger partial charge < -0.3 is 24.1 Å². The van der Waals surface area contributed by atoms with Gasteiger partial charge in [0.1, 0.15) is 18.0 Å². The molecule has 1 amide bonds. The van der Waals surface area contributed by atoms with Crippen molar-refractivity contribution < 1.29 is 19.0 Å². The molecule has 4 aromatic rings. The van der Waals surface area contributed by atoms with E-state index in [1.807, 2.05) is 28.6 Å². The van der Waals surface area contributed by atoms with Crippen LogP contribution in [0.25, 0.3) is 22.3 Å². The van der Waals surface area contributed by atoms with Crippen LogP contribution in [0.3, 0.4) is 0 Å². The Labute approximate surface area is 229 Å². The number of aromatic nitrogens is 5. The van der Waals surface area contributed by atoms with E-state index < -0.39 is 8.07 Å². The van der Waals surface area contributed by atoms with Gasteiger partial charge in [0.25, 0.3) is 0 Å². The van der Waals surface area contributed by atoms with E-state index in [-0.39, 0.29) is 5.91 Å². The van der Waals surface area contributed by atoms with Crippen LogP contribution >= 0.6 is 0 Å². The number of methoxy groups -OCH3 is 1. The summed E-state index contributed by atoms with van der Waals surface area (Å²) in [6.45, 7) is 14.7. The fraction of sp³-hybridized carbons (Fsp3) is 0.357. The Morgan fingerprint density at radius 1 is 1.18 bits per heavy atom. The average molecular weight is 549 g/mol. The second-order valence-corrected chi connectivity index (χ2v) is 16.1. The van der Waals surface area contributed by atoms with Gasteiger partial charge in [-0.3, -0.25) is 9.48 Å². The summed E-state index contributed by atoms with van der Waals surface area (Å²) in [4.78, 5) is 21.2. The van der Waals surface area contributed by atoms with Gasteiger partial charge in [-0.1, -0.05) is 32.3 Å². The third kappa shape index (κ3) is 7.40. The summed E-state index contributed by atoms with van der Waals surface area (Å²) in [6, 6.07) is 8.15. The molecule has 39 heavy (non-hydrogen) atoms. The Kier molecular flexibility index (Phi) is 8.95. The van der Waals surface area contributed by atoms with Gasteiger partial charge in [0, 0.05) is 57.1 Å². The number of carbonyl (C=O) groups excluding carboxylic acids is 1. The molecule has 0 aliphatic carbocycles. The van der Waals surface area contributed by atoms with Crippen LogP contribution in [-0.2, 0) is 27.5 Å². The molecule has 0 fully saturated rings. The Hall–Kier alpha value is -3.80. The van der Waals surface area contributed by atoms with Gasteiger partial charge in [-0.25, -0.2) is 9.97 Å². The van der Waals surface area contributed by atoms with Crippen LogP contribution in [0, 0.1) is 6.92 Å². The highest BCUT2D eigenvalue weighted by Gasteiger charge is 2.19. The summed E-state index contributed by atoms with van der Waals surface area (Å²) < 4.78 is 21.1. The molecule has 4 rings (SSSR count). The van der Waals surface area contributed by atoms with Crippen molar-refractivity contribution >= 4 is 30.8 Å². The number of ether oxygens (including phenoxy) is 3. The highest BCUT2D eigenvalue weighted by atomic mass is 28.3. The minimum atomic E-state index is -1.20. The van der Waals surface area contributed by atoms with E-state index in [0.29, 0.717) is 55.0 Å². The van der Waals surface area contributed by atoms with E-state index >= 15 is 0 Å². The number of benzene rings is 1. The molecule has 0 atom stereocenters. The summed E-state index contributed by atoms with van der Waals surface area (Å²) in [5, 5.41) is 7.39. The van der Waals surface area contributed by atoms with Crippen LogP contribution in [0.1, 0.15) is 5.69 Å². The minimum absolute atomic E-state index is 0.298. The van der Waals surface area contributed by atoms with Crippen molar-refractivity contribution in [2.24, 2.45) is 0 Å². The number of amides is 1. The van der Waals surface area contributed by atoms with Gasteiger partial charge in [-0.2, -0.15) is 5.10 Å². The normalized spacial score (nSPS) is 11.6. The summed E-state index contributed by atoms with van der Waals surface area (Å²) >= 11 is 0. The Bertz CT molecular complexity index is 1460. The number of anilines is 1. The largest absolute Gasteiger partial charge is 0.437 e. The topological polar surface area (TPSA) is 105 Å². The summed E-state index contributed by atoms with van der Waals surface area (Å²) in [5.41, 5.74) is 4.70. The predicted octanol–water partition coefficient (Wildman–Crippen LogP) is 5.48. The zero-order valence-corrected chi connectivity index (χ0v) is 24.2. The second-order valence-electron chi connectivity index (χ2n) is 10.4. The average Bonchev–Trinajstić information content (AvgIpc) is 3.44. The van der Waals surface area contributed by atoms with Crippen LogP contribution < -0.4 is 10.1 Å². The van der Waals surface area contributed by atoms with Gasteiger partial charge >= 0.3 is 0 Å². The van der Waals surface area contributed by atoms with Crippen molar-refractivity contribution in [3.05, 3.63) is 61.2 Å². The maximum Gasteiger partial charge on any atom is 0.247 e. The van der Waals surface area contributed by atoms with E-state index in [4.69, 9.17) is 24.2 Å². The van der Waals surface area contributed by atoms with Gasteiger partial charge in [0.15, 0.2) is 5.65 Å². The first-order valence-electron chi connectivity index (χ1n) is 12.8. The van der Waals surface area contributed by atoms with Crippen molar-refractivity contribution in [1.29, 1.82) is 0 Å². The SMILES string of the molecule is C=CC(=O)Nc1cccc(Oc2cnc3c(n2)c(-c2cn(CCOC)nc2C)cn3COCC[Si](C)(C)C)c1. The third-order valence-corrected chi connectivity index (χ3v) is 7.74. The lowest BCUT2D eigenvalue weighted by Gasteiger charge is -2.15. The molecule has 206 valence electrons. The number of rotatable bonds is 13. The zero-order chi connectivity index (χ0) is 28.0. The molecule has 1 N–H and O–H groups in total. The molecule has 0 spiro atoms. The number of hydrogen-bond donors (Lipinski definition) is 1. The molecule has 0 saturated heterocycles. The van der Waals surface area contributed by atoms with Crippen molar-refractivity contribution in [3.63, 3.8) is 0 Å². The zero-order valence-electron chi connectivity index (χ0n) is 23.2. The van der Waals surface area contributed by atoms with Gasteiger partial charge in [-0.05, 0) is 31.2 Å². The molecule has 1 aromatic carbocycles. The molecule has 3 aromatic heterocycles. The standard InChI is InChI=1S/C28H36N6O4Si/c1-7-25(35)30-21-9-8-10-22(15-21)38-26-16-29-28-27(31-26)24(17-33(28)19-37-13-14-39(4,5)6)23-18-34(11-12-36-3)32-20(23)2/h7-10,15-18H,1,11-14,19H2,2-6H3,(H,30,35). The molecule has 11 heteroatoms. The van der Waals surface area contributed by atoms with E-state index in [1.165, 1.54) is 6.08 Å². The molecule has 0 radical (unpaired) electrons. The number of hydrogen-bond acceptors (Lipinski definition) is 7. The van der Waals surface area contributed by atoms with Crippen molar-refractivity contribution in [1.82, 2.24) is 24.3 Å². The van der Waals surface area contributed by atoms with E-state index in [1.54, 1.807) is 37.6 Å². The fourth-order valence-corrected chi connectivity index (χ4v) is 4.71. The maximum atomic E-state index is 11.7. The lowest BCUT2D eigenvalue weighted by atomic mass is 10.1. The smallest absolute Gasteiger partial charge is 0.247 e. The second kappa shape index (κ2) is 12.4. The van der Waals surface area contributed by atoms with Crippen molar-refractivity contribution in [2.75, 3.05) is 25.6 Å². The lowest BCUT2D eigenvalue weighted by molar-refractivity contribution is -0.111. The van der Waals surface area contributed by atoms with Crippen molar-refractivity contribution in [3.8, 4) is 22.8 Å². The highest BCUT2D eigenvalue weighted by molar-refractivity contribution is 6.76. The molecule has 0 bridgehead atoms. The monoisotopic (exact) mass is 548 g/mol. The molecule has 0 aliphatic rings. The van der Waals surface area contributed by atoms with Crippen LogP contribution in [-0.4, -0.2) is 58.6 Å².